The molecule has 7 nitrogen and oxygen atoms in total. The molecule has 0 spiro atoms. The Morgan fingerprint density at radius 3 is 2.79 bits per heavy atom. The van der Waals surface area contributed by atoms with Gasteiger partial charge in [0.1, 0.15) is 12.0 Å². The molecule has 0 saturated heterocycles. The van der Waals surface area contributed by atoms with Crippen molar-refractivity contribution in [2.45, 2.75) is 0 Å². The van der Waals surface area contributed by atoms with Gasteiger partial charge in [0, 0.05) is 13.7 Å². The first-order valence-corrected chi connectivity index (χ1v) is 4.09. The number of aromatic nitrogens is 2. The average Bonchev–Trinajstić information content (AvgIpc) is 2.21. The van der Waals surface area contributed by atoms with Crippen LogP contribution in [0.2, 0.25) is 0 Å². The molecule has 0 saturated carbocycles. The fourth-order valence-electron chi connectivity index (χ4n) is 0.923. The average molecular weight is 198 g/mol. The van der Waals surface area contributed by atoms with Crippen LogP contribution in [0.3, 0.4) is 0 Å². The highest BCUT2D eigenvalue weighted by Gasteiger charge is 2.05. The summed E-state index contributed by atoms with van der Waals surface area (Å²) in [5, 5.41) is 2.99. The van der Waals surface area contributed by atoms with E-state index in [1.54, 1.807) is 7.11 Å². The van der Waals surface area contributed by atoms with Crippen molar-refractivity contribution in [3.05, 3.63) is 6.33 Å². The van der Waals surface area contributed by atoms with Gasteiger partial charge in [0.25, 0.3) is 0 Å². The molecule has 1 aromatic rings. The summed E-state index contributed by atoms with van der Waals surface area (Å²) in [4.78, 5) is 7.80. The summed E-state index contributed by atoms with van der Waals surface area (Å²) in [5.41, 5.74) is 8.48. The molecular formula is C7H14N6O. The van der Waals surface area contributed by atoms with Crippen LogP contribution in [-0.4, -0.2) is 30.2 Å². The number of hydrazine groups is 1. The molecule has 0 aliphatic rings. The van der Waals surface area contributed by atoms with Crippen LogP contribution in [-0.2, 0) is 4.74 Å². The van der Waals surface area contributed by atoms with Crippen LogP contribution in [0, 0.1) is 0 Å². The van der Waals surface area contributed by atoms with Gasteiger partial charge in [-0.15, -0.1) is 0 Å². The highest BCUT2D eigenvalue weighted by molar-refractivity contribution is 5.73. The van der Waals surface area contributed by atoms with E-state index in [1.807, 2.05) is 0 Å². The fourth-order valence-corrected chi connectivity index (χ4v) is 0.923. The van der Waals surface area contributed by atoms with Gasteiger partial charge in [-0.1, -0.05) is 0 Å². The Hall–Kier alpha value is -1.60. The maximum absolute atomic E-state index is 5.71. The number of hydrogen-bond donors (Lipinski definition) is 4. The van der Waals surface area contributed by atoms with Crippen molar-refractivity contribution >= 4 is 17.3 Å². The van der Waals surface area contributed by atoms with E-state index in [-0.39, 0.29) is 0 Å². The number of rotatable bonds is 5. The number of hydrogen-bond acceptors (Lipinski definition) is 7. The molecule has 0 unspecified atom stereocenters. The molecule has 1 heterocycles. The van der Waals surface area contributed by atoms with Gasteiger partial charge >= 0.3 is 0 Å². The Morgan fingerprint density at radius 1 is 1.43 bits per heavy atom. The summed E-state index contributed by atoms with van der Waals surface area (Å²) in [6.45, 7) is 1.20. The van der Waals surface area contributed by atoms with Crippen LogP contribution >= 0.6 is 0 Å². The van der Waals surface area contributed by atoms with Gasteiger partial charge < -0.3 is 21.2 Å². The Labute approximate surface area is 81.8 Å². The van der Waals surface area contributed by atoms with E-state index in [0.29, 0.717) is 30.5 Å². The van der Waals surface area contributed by atoms with Crippen LogP contribution in [0.5, 0.6) is 0 Å². The molecule has 7 heteroatoms. The Bertz CT molecular complexity index is 292. The van der Waals surface area contributed by atoms with Gasteiger partial charge in [-0.05, 0) is 0 Å². The molecule has 14 heavy (non-hydrogen) atoms. The molecule has 0 aromatic carbocycles. The first kappa shape index (κ1) is 10.5. The first-order chi connectivity index (χ1) is 6.79. The highest BCUT2D eigenvalue weighted by atomic mass is 16.5. The second-order valence-corrected chi connectivity index (χ2v) is 2.55. The van der Waals surface area contributed by atoms with E-state index in [4.69, 9.17) is 16.3 Å². The van der Waals surface area contributed by atoms with Gasteiger partial charge in [0.05, 0.1) is 6.61 Å². The third-order valence-corrected chi connectivity index (χ3v) is 1.62. The second kappa shape index (κ2) is 5.20. The minimum Gasteiger partial charge on any atom is -0.393 e. The number of nitrogens with zero attached hydrogens (tertiary/aromatic N) is 2. The SMILES string of the molecule is COCCNc1ncnc(NN)c1N. The standard InChI is InChI=1S/C7H14N6O/c1-14-3-2-10-6-5(8)7(13-9)12-4-11-6/h4H,2-3,8-9H2,1H3,(H2,10,11,12,13). The number of methoxy groups -OCH3 is 1. The third-order valence-electron chi connectivity index (χ3n) is 1.62. The van der Waals surface area contributed by atoms with Crippen LogP contribution in [0.1, 0.15) is 0 Å². The van der Waals surface area contributed by atoms with Gasteiger partial charge in [-0.3, -0.25) is 0 Å². The van der Waals surface area contributed by atoms with Crippen LogP contribution in [0.4, 0.5) is 17.3 Å². The third kappa shape index (κ3) is 2.44. The van der Waals surface area contributed by atoms with Gasteiger partial charge in [0.2, 0.25) is 0 Å². The highest BCUT2D eigenvalue weighted by Crippen LogP contribution is 2.20. The number of nitrogens with two attached hydrogens (primary N) is 2. The van der Waals surface area contributed by atoms with E-state index >= 15 is 0 Å². The summed E-state index contributed by atoms with van der Waals surface area (Å²) in [7, 11) is 1.62. The van der Waals surface area contributed by atoms with Crippen LogP contribution < -0.4 is 22.3 Å². The molecule has 0 atom stereocenters. The number of nitrogens with one attached hydrogen (secondary N) is 2. The van der Waals surface area contributed by atoms with Crippen molar-refractivity contribution in [2.24, 2.45) is 5.84 Å². The predicted molar refractivity (Wildman–Crippen MR) is 54.6 cm³/mol. The number of anilines is 3. The lowest BCUT2D eigenvalue weighted by Crippen LogP contribution is -2.15. The Kier molecular flexibility index (Phi) is 3.89. The lowest BCUT2D eigenvalue weighted by Gasteiger charge is -2.09. The van der Waals surface area contributed by atoms with E-state index < -0.39 is 0 Å². The van der Waals surface area contributed by atoms with E-state index in [2.05, 4.69) is 20.7 Å². The molecule has 1 rings (SSSR count). The summed E-state index contributed by atoms with van der Waals surface area (Å²) in [6.07, 6.45) is 1.38. The number of ether oxygens (including phenoxy) is 1. The Morgan fingerprint density at radius 2 is 2.14 bits per heavy atom. The molecule has 0 aliphatic heterocycles. The second-order valence-electron chi connectivity index (χ2n) is 2.55. The van der Waals surface area contributed by atoms with E-state index in [0.717, 1.165) is 0 Å². The zero-order valence-electron chi connectivity index (χ0n) is 7.95. The van der Waals surface area contributed by atoms with Crippen molar-refractivity contribution in [2.75, 3.05) is 36.7 Å². The maximum atomic E-state index is 5.71. The van der Waals surface area contributed by atoms with Crippen molar-refractivity contribution < 1.29 is 4.74 Å². The summed E-state index contributed by atoms with van der Waals surface area (Å²) in [5.74, 6) is 6.15. The molecule has 0 radical (unpaired) electrons. The smallest absolute Gasteiger partial charge is 0.168 e. The Balaban J connectivity index is 2.66. The van der Waals surface area contributed by atoms with Gasteiger partial charge in [-0.2, -0.15) is 0 Å². The molecule has 78 valence electrons. The molecular weight excluding hydrogens is 184 g/mol. The van der Waals surface area contributed by atoms with Crippen molar-refractivity contribution in [1.82, 2.24) is 9.97 Å². The first-order valence-electron chi connectivity index (χ1n) is 4.09. The lowest BCUT2D eigenvalue weighted by molar-refractivity contribution is 0.210. The van der Waals surface area contributed by atoms with Crippen LogP contribution in [0.15, 0.2) is 6.33 Å². The molecule has 0 bridgehead atoms. The van der Waals surface area contributed by atoms with Gasteiger partial charge in [-0.25, -0.2) is 15.8 Å². The van der Waals surface area contributed by atoms with Gasteiger partial charge in [0.15, 0.2) is 11.6 Å². The molecule has 0 fully saturated rings. The zero-order valence-corrected chi connectivity index (χ0v) is 7.95. The minimum atomic E-state index is 0.395. The molecule has 0 aliphatic carbocycles. The predicted octanol–water partition coefficient (Wildman–Crippen LogP) is -0.597. The van der Waals surface area contributed by atoms with E-state index in [9.17, 15) is 0 Å². The van der Waals surface area contributed by atoms with E-state index in [1.165, 1.54) is 6.33 Å². The summed E-state index contributed by atoms with van der Waals surface area (Å²) in [6, 6.07) is 0. The zero-order chi connectivity index (χ0) is 10.4. The largest absolute Gasteiger partial charge is 0.393 e. The topological polar surface area (TPSA) is 111 Å². The lowest BCUT2D eigenvalue weighted by atomic mass is 10.4. The van der Waals surface area contributed by atoms with Crippen molar-refractivity contribution in [1.29, 1.82) is 0 Å². The minimum absolute atomic E-state index is 0.395. The fraction of sp³-hybridized carbons (Fsp3) is 0.429. The number of nitrogen functional groups attached to an aromatic ring is 2. The summed E-state index contributed by atoms with van der Waals surface area (Å²) < 4.78 is 4.87. The monoisotopic (exact) mass is 198 g/mol. The van der Waals surface area contributed by atoms with Crippen molar-refractivity contribution in [3.8, 4) is 0 Å². The molecule has 1 aromatic heterocycles. The molecule has 0 amide bonds. The normalized spacial score (nSPS) is 9.86. The van der Waals surface area contributed by atoms with Crippen molar-refractivity contribution in [3.63, 3.8) is 0 Å². The quantitative estimate of drug-likeness (QED) is 0.284. The molecule has 6 N–H and O–H groups in total. The maximum Gasteiger partial charge on any atom is 0.168 e. The summed E-state index contributed by atoms with van der Waals surface area (Å²) >= 11 is 0. The van der Waals surface area contributed by atoms with Crippen LogP contribution in [0.25, 0.3) is 0 Å².